The van der Waals surface area contributed by atoms with Crippen molar-refractivity contribution in [1.82, 2.24) is 0 Å². The first kappa shape index (κ1) is 20.2. The number of benzene rings is 4. The van der Waals surface area contributed by atoms with E-state index in [2.05, 4.69) is 85.8 Å². The molecule has 0 bridgehead atoms. The number of hydrogen-bond acceptors (Lipinski definition) is 2. The van der Waals surface area contributed by atoms with Crippen LogP contribution in [0.4, 0.5) is 0 Å². The molecule has 0 heterocycles. The quantitative estimate of drug-likeness (QED) is 0.393. The molecule has 0 aliphatic heterocycles. The van der Waals surface area contributed by atoms with Gasteiger partial charge in [0.1, 0.15) is 11.5 Å². The van der Waals surface area contributed by atoms with Crippen molar-refractivity contribution in [3.63, 3.8) is 0 Å². The third-order valence-corrected chi connectivity index (χ3v) is 7.68. The van der Waals surface area contributed by atoms with Crippen LogP contribution in [0.2, 0.25) is 0 Å². The summed E-state index contributed by atoms with van der Waals surface area (Å²) >= 11 is 0. The zero-order chi connectivity index (χ0) is 20.9. The molecule has 30 heavy (non-hydrogen) atoms. The van der Waals surface area contributed by atoms with Crippen LogP contribution < -0.4 is 25.4 Å². The smallest absolute Gasteiger partial charge is 0.127 e. The SMILES string of the molecule is COc1cccc(C)c1-c1c(OC)cccc1P(c1ccccc1)c1ccccc1. The highest BCUT2D eigenvalue weighted by Crippen LogP contribution is 2.44. The molecule has 0 amide bonds. The minimum Gasteiger partial charge on any atom is -0.496 e. The van der Waals surface area contributed by atoms with Crippen molar-refractivity contribution in [2.45, 2.75) is 6.92 Å². The summed E-state index contributed by atoms with van der Waals surface area (Å²) in [5, 5.41) is 3.87. The third-order valence-electron chi connectivity index (χ3n) is 5.20. The Labute approximate surface area is 179 Å². The van der Waals surface area contributed by atoms with Gasteiger partial charge in [0, 0.05) is 11.1 Å². The highest BCUT2D eigenvalue weighted by Gasteiger charge is 2.25. The average molecular weight is 412 g/mol. The fourth-order valence-electron chi connectivity index (χ4n) is 3.84. The fourth-order valence-corrected chi connectivity index (χ4v) is 6.32. The van der Waals surface area contributed by atoms with Crippen LogP contribution in [0, 0.1) is 6.92 Å². The van der Waals surface area contributed by atoms with E-state index in [0.717, 1.165) is 28.2 Å². The Hall–Kier alpha value is -3.09. The molecule has 0 unspecified atom stereocenters. The van der Waals surface area contributed by atoms with Gasteiger partial charge in [-0.1, -0.05) is 84.9 Å². The van der Waals surface area contributed by atoms with Crippen LogP contribution in [-0.4, -0.2) is 14.2 Å². The second-order valence-corrected chi connectivity index (χ2v) is 9.20. The Morgan fingerprint density at radius 2 is 1.03 bits per heavy atom. The molecule has 0 N–H and O–H groups in total. The van der Waals surface area contributed by atoms with Gasteiger partial charge in [-0.15, -0.1) is 0 Å². The van der Waals surface area contributed by atoms with Gasteiger partial charge in [-0.2, -0.15) is 0 Å². The van der Waals surface area contributed by atoms with Crippen LogP contribution in [0.3, 0.4) is 0 Å². The molecule has 0 aliphatic rings. The normalized spacial score (nSPS) is 10.8. The number of methoxy groups -OCH3 is 2. The zero-order valence-electron chi connectivity index (χ0n) is 17.5. The van der Waals surface area contributed by atoms with Crippen molar-refractivity contribution in [3.8, 4) is 22.6 Å². The lowest BCUT2D eigenvalue weighted by Crippen LogP contribution is -2.22. The van der Waals surface area contributed by atoms with Crippen LogP contribution in [0.25, 0.3) is 11.1 Å². The Morgan fingerprint density at radius 1 is 0.533 bits per heavy atom. The highest BCUT2D eigenvalue weighted by atomic mass is 31.1. The van der Waals surface area contributed by atoms with Crippen molar-refractivity contribution >= 4 is 23.8 Å². The lowest BCUT2D eigenvalue weighted by Gasteiger charge is -2.25. The minimum absolute atomic E-state index is 0.778. The maximum Gasteiger partial charge on any atom is 0.127 e. The van der Waals surface area contributed by atoms with E-state index < -0.39 is 7.92 Å². The van der Waals surface area contributed by atoms with Gasteiger partial charge >= 0.3 is 0 Å². The fraction of sp³-hybridized carbons (Fsp3) is 0.111. The van der Waals surface area contributed by atoms with Crippen molar-refractivity contribution in [2.24, 2.45) is 0 Å². The number of rotatable bonds is 6. The molecular formula is C27H25O2P. The van der Waals surface area contributed by atoms with E-state index in [0.29, 0.717) is 0 Å². The summed E-state index contributed by atoms with van der Waals surface area (Å²) in [6.07, 6.45) is 0. The molecule has 0 fully saturated rings. The van der Waals surface area contributed by atoms with Crippen molar-refractivity contribution in [1.29, 1.82) is 0 Å². The standard InChI is InChI=1S/C27H25O2P/c1-20-12-10-17-23(28-2)26(20)27-24(29-3)18-11-19-25(27)30(21-13-6-4-7-14-21)22-15-8-5-9-16-22/h4-19H,1-3H3. The molecule has 150 valence electrons. The van der Waals surface area contributed by atoms with Gasteiger partial charge in [-0.05, 0) is 48.5 Å². The van der Waals surface area contributed by atoms with Gasteiger partial charge in [0.2, 0.25) is 0 Å². The summed E-state index contributed by atoms with van der Waals surface area (Å²) in [7, 11) is 2.69. The largest absolute Gasteiger partial charge is 0.496 e. The maximum absolute atomic E-state index is 5.87. The average Bonchev–Trinajstić information content (AvgIpc) is 2.80. The van der Waals surface area contributed by atoms with E-state index in [9.17, 15) is 0 Å². The summed E-state index contributed by atoms with van der Waals surface area (Å²) in [6, 6.07) is 34.0. The molecule has 0 atom stereocenters. The highest BCUT2D eigenvalue weighted by molar-refractivity contribution is 7.80. The Kier molecular flexibility index (Phi) is 6.16. The Balaban J connectivity index is 2.05. The van der Waals surface area contributed by atoms with Gasteiger partial charge in [0.25, 0.3) is 0 Å². The van der Waals surface area contributed by atoms with E-state index in [1.54, 1.807) is 14.2 Å². The molecule has 0 spiro atoms. The number of hydrogen-bond donors (Lipinski definition) is 0. The van der Waals surface area contributed by atoms with Gasteiger partial charge in [-0.25, -0.2) is 0 Å². The van der Waals surface area contributed by atoms with Gasteiger partial charge in [-0.3, -0.25) is 0 Å². The zero-order valence-corrected chi connectivity index (χ0v) is 18.4. The van der Waals surface area contributed by atoms with Gasteiger partial charge in [0.05, 0.1) is 14.2 Å². The van der Waals surface area contributed by atoms with Gasteiger partial charge in [0.15, 0.2) is 0 Å². The molecule has 4 rings (SSSR count). The first-order chi connectivity index (χ1) is 14.7. The Bertz CT molecular complexity index is 1080. The topological polar surface area (TPSA) is 18.5 Å². The van der Waals surface area contributed by atoms with E-state index >= 15 is 0 Å². The van der Waals surface area contributed by atoms with Crippen molar-refractivity contribution in [3.05, 3.63) is 103 Å². The summed E-state index contributed by atoms with van der Waals surface area (Å²) in [4.78, 5) is 0. The first-order valence-electron chi connectivity index (χ1n) is 9.95. The lowest BCUT2D eigenvalue weighted by molar-refractivity contribution is 0.410. The molecule has 0 saturated carbocycles. The molecule has 0 aliphatic carbocycles. The molecule has 0 aromatic heterocycles. The molecule has 4 aromatic carbocycles. The van der Waals surface area contributed by atoms with Crippen LogP contribution in [-0.2, 0) is 0 Å². The number of aryl methyl sites for hydroxylation is 1. The van der Waals surface area contributed by atoms with Crippen molar-refractivity contribution < 1.29 is 9.47 Å². The predicted molar refractivity (Wildman–Crippen MR) is 128 cm³/mol. The molecule has 4 aromatic rings. The van der Waals surface area contributed by atoms with Crippen LogP contribution >= 0.6 is 7.92 Å². The summed E-state index contributed by atoms with van der Waals surface area (Å²) in [6.45, 7) is 2.13. The second-order valence-electron chi connectivity index (χ2n) is 7.01. The monoisotopic (exact) mass is 412 g/mol. The molecule has 0 radical (unpaired) electrons. The second kappa shape index (κ2) is 9.15. The third kappa shape index (κ3) is 3.84. The first-order valence-corrected chi connectivity index (χ1v) is 11.3. The van der Waals surface area contributed by atoms with E-state index in [1.165, 1.54) is 15.9 Å². The maximum atomic E-state index is 5.87. The molecule has 0 saturated heterocycles. The lowest BCUT2D eigenvalue weighted by atomic mass is 9.98. The molecule has 2 nitrogen and oxygen atoms in total. The number of ether oxygens (including phenoxy) is 2. The summed E-state index contributed by atoms with van der Waals surface area (Å²) in [5.74, 6) is 1.72. The van der Waals surface area contributed by atoms with Crippen molar-refractivity contribution in [2.75, 3.05) is 14.2 Å². The molecule has 3 heteroatoms. The Morgan fingerprint density at radius 3 is 1.57 bits per heavy atom. The van der Waals surface area contributed by atoms with E-state index in [-0.39, 0.29) is 0 Å². The predicted octanol–water partition coefficient (Wildman–Crippen LogP) is 5.44. The van der Waals surface area contributed by atoms with Gasteiger partial charge < -0.3 is 9.47 Å². The molecular weight excluding hydrogens is 387 g/mol. The van der Waals surface area contributed by atoms with Crippen LogP contribution in [0.15, 0.2) is 97.1 Å². The van der Waals surface area contributed by atoms with E-state index in [4.69, 9.17) is 9.47 Å². The summed E-state index contributed by atoms with van der Waals surface area (Å²) in [5.41, 5.74) is 3.36. The van der Waals surface area contributed by atoms with E-state index in [1.807, 2.05) is 18.2 Å². The minimum atomic E-state index is -0.778. The van der Waals surface area contributed by atoms with Crippen LogP contribution in [0.5, 0.6) is 11.5 Å². The van der Waals surface area contributed by atoms with Crippen LogP contribution in [0.1, 0.15) is 5.56 Å². The summed E-state index contributed by atoms with van der Waals surface area (Å²) < 4.78 is 11.6.